The molecule has 2 atom stereocenters. The molecule has 1 aromatic carbocycles. The zero-order chi connectivity index (χ0) is 29.2. The van der Waals surface area contributed by atoms with Crippen molar-refractivity contribution in [3.05, 3.63) is 58.2 Å². The SMILES string of the molecule is CN(C)C(=O)c1ccc(N2CCCC(CCCN(C)C(=O)[C@](O)(c3cccc(C4CC4)c3)C(F)(F)F)C2)nc1Cl. The molecule has 0 radical (unpaired) electrons. The summed E-state index contributed by atoms with van der Waals surface area (Å²) in [5.74, 6) is -0.500. The lowest BCUT2D eigenvalue weighted by Crippen LogP contribution is -2.55. The first-order valence-electron chi connectivity index (χ1n) is 13.6. The zero-order valence-electron chi connectivity index (χ0n) is 23.0. The Balaban J connectivity index is 1.36. The fourth-order valence-electron chi connectivity index (χ4n) is 5.35. The number of likely N-dealkylation sites (N-methyl/N-ethyl adjacent to an activating group) is 1. The molecular weight excluding hydrogens is 545 g/mol. The number of hydrogen-bond acceptors (Lipinski definition) is 5. The molecule has 4 rings (SSSR count). The third-order valence-electron chi connectivity index (χ3n) is 7.84. The number of alkyl halides is 3. The van der Waals surface area contributed by atoms with Crippen LogP contribution in [0.15, 0.2) is 36.4 Å². The number of rotatable bonds is 9. The van der Waals surface area contributed by atoms with Gasteiger partial charge in [0.2, 0.25) is 0 Å². The van der Waals surface area contributed by atoms with Crippen LogP contribution in [0.5, 0.6) is 0 Å². The molecule has 11 heteroatoms. The lowest BCUT2D eigenvalue weighted by atomic mass is 9.89. The average Bonchev–Trinajstić information content (AvgIpc) is 3.77. The first kappa shape index (κ1) is 30.1. The molecule has 40 heavy (non-hydrogen) atoms. The van der Waals surface area contributed by atoms with Gasteiger partial charge in [-0.05, 0) is 68.1 Å². The minimum atomic E-state index is -5.16. The van der Waals surface area contributed by atoms with Crippen molar-refractivity contribution in [2.24, 2.45) is 5.92 Å². The number of hydrogen-bond donors (Lipinski definition) is 1. The van der Waals surface area contributed by atoms with Crippen LogP contribution in [0.3, 0.4) is 0 Å². The maximum atomic E-state index is 14.2. The summed E-state index contributed by atoms with van der Waals surface area (Å²) in [6.07, 6.45) is -0.342. The van der Waals surface area contributed by atoms with Crippen molar-refractivity contribution in [3.63, 3.8) is 0 Å². The molecule has 2 fully saturated rings. The second-order valence-corrected chi connectivity index (χ2v) is 11.5. The van der Waals surface area contributed by atoms with E-state index in [0.717, 1.165) is 37.1 Å². The predicted molar refractivity (Wildman–Crippen MR) is 147 cm³/mol. The number of pyridine rings is 1. The number of amides is 2. The molecule has 1 aliphatic carbocycles. The Morgan fingerprint density at radius 1 is 1.12 bits per heavy atom. The summed E-state index contributed by atoms with van der Waals surface area (Å²) in [6.45, 7) is 1.54. The Labute approximate surface area is 237 Å². The molecule has 218 valence electrons. The van der Waals surface area contributed by atoms with Crippen molar-refractivity contribution in [3.8, 4) is 0 Å². The van der Waals surface area contributed by atoms with Gasteiger partial charge < -0.3 is 19.8 Å². The number of aliphatic hydroxyl groups is 1. The van der Waals surface area contributed by atoms with Crippen LogP contribution < -0.4 is 4.90 Å². The van der Waals surface area contributed by atoms with Gasteiger partial charge in [0.25, 0.3) is 17.4 Å². The van der Waals surface area contributed by atoms with Crippen molar-refractivity contribution in [1.82, 2.24) is 14.8 Å². The molecule has 2 amide bonds. The number of carbonyl (C=O) groups is 2. The fraction of sp³-hybridized carbons (Fsp3) is 0.552. The third kappa shape index (κ3) is 6.38. The molecule has 1 saturated carbocycles. The summed E-state index contributed by atoms with van der Waals surface area (Å²) in [5.41, 5.74) is -2.99. The van der Waals surface area contributed by atoms with Crippen LogP contribution >= 0.6 is 11.6 Å². The van der Waals surface area contributed by atoms with Gasteiger partial charge >= 0.3 is 6.18 Å². The number of piperidine rings is 1. The summed E-state index contributed by atoms with van der Waals surface area (Å²) in [6, 6.07) is 9.13. The number of carbonyl (C=O) groups excluding carboxylic acids is 2. The van der Waals surface area contributed by atoms with Crippen LogP contribution in [0.25, 0.3) is 0 Å². The maximum Gasteiger partial charge on any atom is 0.430 e. The van der Waals surface area contributed by atoms with Crippen molar-refractivity contribution in [1.29, 1.82) is 0 Å². The third-order valence-corrected chi connectivity index (χ3v) is 8.13. The standard InChI is InChI=1S/C29H36ClF3N4O3/c1-35(2)26(38)23-13-14-24(34-25(23)30)37-16-6-8-19(18-37)7-5-15-36(3)27(39)28(40,29(31,32)33)22-10-4-9-21(17-22)20-11-12-20/h4,9-10,13-14,17,19-20,40H,5-8,11-12,15-16,18H2,1-3H3/t19?,28-/m1/s1. The highest BCUT2D eigenvalue weighted by Crippen LogP contribution is 2.44. The molecule has 2 heterocycles. The topological polar surface area (TPSA) is 77.0 Å². The van der Waals surface area contributed by atoms with Gasteiger partial charge in [0, 0.05) is 46.3 Å². The Hall–Kier alpha value is -2.85. The molecule has 0 spiro atoms. The van der Waals surface area contributed by atoms with E-state index in [1.54, 1.807) is 32.3 Å². The molecule has 1 saturated heterocycles. The van der Waals surface area contributed by atoms with Crippen molar-refractivity contribution >= 4 is 29.2 Å². The first-order valence-corrected chi connectivity index (χ1v) is 14.0. The summed E-state index contributed by atoms with van der Waals surface area (Å²) < 4.78 is 42.5. The van der Waals surface area contributed by atoms with E-state index in [2.05, 4.69) is 9.88 Å². The molecule has 1 aromatic heterocycles. The van der Waals surface area contributed by atoms with E-state index in [9.17, 15) is 27.9 Å². The summed E-state index contributed by atoms with van der Waals surface area (Å²) in [5, 5.41) is 11.0. The quantitative estimate of drug-likeness (QED) is 0.412. The largest absolute Gasteiger partial charge is 0.430 e. The Bertz CT molecular complexity index is 1240. The monoisotopic (exact) mass is 580 g/mol. The van der Waals surface area contributed by atoms with Gasteiger partial charge in [0.1, 0.15) is 11.0 Å². The minimum Gasteiger partial charge on any atom is -0.369 e. The van der Waals surface area contributed by atoms with Gasteiger partial charge in [-0.2, -0.15) is 13.2 Å². The van der Waals surface area contributed by atoms with Crippen LogP contribution in [0, 0.1) is 5.92 Å². The molecule has 1 unspecified atom stereocenters. The Morgan fingerprint density at radius 3 is 2.48 bits per heavy atom. The first-order chi connectivity index (χ1) is 18.8. The summed E-state index contributed by atoms with van der Waals surface area (Å²) >= 11 is 6.29. The highest BCUT2D eigenvalue weighted by atomic mass is 35.5. The number of halogens is 4. The molecule has 1 aliphatic heterocycles. The van der Waals surface area contributed by atoms with E-state index in [0.29, 0.717) is 36.3 Å². The normalized spacial score (nSPS) is 19.2. The minimum absolute atomic E-state index is 0.0848. The average molecular weight is 581 g/mol. The Morgan fingerprint density at radius 2 is 1.85 bits per heavy atom. The van der Waals surface area contributed by atoms with E-state index in [-0.39, 0.29) is 29.4 Å². The van der Waals surface area contributed by atoms with E-state index in [1.807, 2.05) is 0 Å². The molecule has 7 nitrogen and oxygen atoms in total. The van der Waals surface area contributed by atoms with Crippen molar-refractivity contribution in [2.75, 3.05) is 45.7 Å². The number of anilines is 1. The highest BCUT2D eigenvalue weighted by Gasteiger charge is 2.61. The van der Waals surface area contributed by atoms with E-state index < -0.39 is 23.2 Å². The lowest BCUT2D eigenvalue weighted by molar-refractivity contribution is -0.261. The number of nitrogens with zero attached hydrogens (tertiary/aromatic N) is 4. The molecule has 2 aliphatic rings. The van der Waals surface area contributed by atoms with Crippen LogP contribution in [-0.4, -0.2) is 78.7 Å². The smallest absolute Gasteiger partial charge is 0.369 e. The van der Waals surface area contributed by atoms with Crippen LogP contribution in [-0.2, 0) is 10.4 Å². The van der Waals surface area contributed by atoms with Gasteiger partial charge in [-0.1, -0.05) is 35.9 Å². The van der Waals surface area contributed by atoms with Crippen molar-refractivity contribution in [2.45, 2.75) is 56.2 Å². The van der Waals surface area contributed by atoms with Gasteiger partial charge in [-0.3, -0.25) is 9.59 Å². The number of aromatic nitrogens is 1. The van der Waals surface area contributed by atoms with Gasteiger partial charge in [0.05, 0.1) is 5.56 Å². The maximum absolute atomic E-state index is 14.2. The van der Waals surface area contributed by atoms with E-state index in [1.165, 1.54) is 30.1 Å². The van der Waals surface area contributed by atoms with Crippen LogP contribution in [0.2, 0.25) is 5.15 Å². The van der Waals surface area contributed by atoms with Crippen LogP contribution in [0.4, 0.5) is 19.0 Å². The summed E-state index contributed by atoms with van der Waals surface area (Å²) in [4.78, 5) is 34.3. The second kappa shape index (κ2) is 11.9. The zero-order valence-corrected chi connectivity index (χ0v) is 23.8. The highest BCUT2D eigenvalue weighted by molar-refractivity contribution is 6.32. The molecular formula is C29H36ClF3N4O3. The molecule has 2 aromatic rings. The van der Waals surface area contributed by atoms with Crippen molar-refractivity contribution < 1.29 is 27.9 Å². The van der Waals surface area contributed by atoms with Gasteiger partial charge in [0.15, 0.2) is 0 Å². The van der Waals surface area contributed by atoms with E-state index in [4.69, 9.17) is 11.6 Å². The molecule has 0 bridgehead atoms. The lowest BCUT2D eigenvalue weighted by Gasteiger charge is -2.35. The summed E-state index contributed by atoms with van der Waals surface area (Å²) in [7, 11) is 4.59. The fourth-order valence-corrected chi connectivity index (χ4v) is 5.58. The molecule has 1 N–H and O–H groups in total. The predicted octanol–water partition coefficient (Wildman–Crippen LogP) is 5.22. The Kier molecular flexibility index (Phi) is 8.99. The van der Waals surface area contributed by atoms with E-state index >= 15 is 0 Å². The second-order valence-electron chi connectivity index (χ2n) is 11.1. The van der Waals surface area contributed by atoms with Gasteiger partial charge in [-0.25, -0.2) is 4.98 Å². The number of benzene rings is 1. The van der Waals surface area contributed by atoms with Crippen LogP contribution in [0.1, 0.15) is 65.9 Å². The van der Waals surface area contributed by atoms with Gasteiger partial charge in [-0.15, -0.1) is 0 Å².